The molecule has 0 saturated carbocycles. The average molecular weight is 239 g/mol. The monoisotopic (exact) mass is 239 g/mol. The molecule has 0 aliphatic carbocycles. The van der Waals surface area contributed by atoms with Crippen molar-refractivity contribution >= 4 is 0 Å². The van der Waals surface area contributed by atoms with Gasteiger partial charge in [0.05, 0.1) is 0 Å². The van der Waals surface area contributed by atoms with E-state index in [1.165, 1.54) is 6.07 Å². The molecule has 0 heterocycles. The van der Waals surface area contributed by atoms with Crippen molar-refractivity contribution in [2.24, 2.45) is 5.73 Å². The molecule has 2 nitrogen and oxygen atoms in total. The van der Waals surface area contributed by atoms with Gasteiger partial charge in [-0.2, -0.15) is 0 Å². The molecule has 2 atom stereocenters. The summed E-state index contributed by atoms with van der Waals surface area (Å²) in [6.07, 6.45) is 2.85. The highest BCUT2D eigenvalue weighted by molar-refractivity contribution is 5.29. The van der Waals surface area contributed by atoms with E-state index in [1.807, 2.05) is 0 Å². The van der Waals surface area contributed by atoms with Crippen LogP contribution < -0.4 is 10.5 Å². The maximum absolute atomic E-state index is 13.1. The van der Waals surface area contributed by atoms with Crippen molar-refractivity contribution < 1.29 is 9.13 Å². The molecule has 0 amide bonds. The van der Waals surface area contributed by atoms with Gasteiger partial charge < -0.3 is 10.5 Å². The minimum atomic E-state index is -0.205. The van der Waals surface area contributed by atoms with Gasteiger partial charge in [-0.3, -0.25) is 0 Å². The summed E-state index contributed by atoms with van der Waals surface area (Å²) in [5.74, 6) is 0.491. The summed E-state index contributed by atoms with van der Waals surface area (Å²) < 4.78 is 18.9. The van der Waals surface area contributed by atoms with Crippen LogP contribution in [0.3, 0.4) is 0 Å². The van der Waals surface area contributed by atoms with Crippen molar-refractivity contribution in [2.75, 3.05) is 0 Å². The van der Waals surface area contributed by atoms with Crippen LogP contribution >= 0.6 is 0 Å². The van der Waals surface area contributed by atoms with Gasteiger partial charge in [0.25, 0.3) is 0 Å². The topological polar surface area (TPSA) is 35.2 Å². The summed E-state index contributed by atoms with van der Waals surface area (Å²) >= 11 is 0. The molecule has 0 spiro atoms. The lowest BCUT2D eigenvalue weighted by Gasteiger charge is -2.23. The van der Waals surface area contributed by atoms with E-state index in [0.29, 0.717) is 11.3 Å². The van der Waals surface area contributed by atoms with E-state index in [2.05, 4.69) is 13.8 Å². The first-order valence-electron chi connectivity index (χ1n) is 6.26. The van der Waals surface area contributed by atoms with E-state index in [1.54, 1.807) is 19.1 Å². The van der Waals surface area contributed by atoms with Crippen molar-refractivity contribution in [3.05, 3.63) is 29.6 Å². The number of rotatable bonds is 6. The third-order valence-corrected chi connectivity index (χ3v) is 2.92. The van der Waals surface area contributed by atoms with Gasteiger partial charge in [-0.1, -0.05) is 20.3 Å². The second-order valence-corrected chi connectivity index (χ2v) is 4.43. The molecule has 0 aromatic heterocycles. The molecular formula is C14H22FNO. The van der Waals surface area contributed by atoms with Crippen LogP contribution in [0.2, 0.25) is 0 Å². The predicted octanol–water partition coefficient (Wildman–Crippen LogP) is 3.42. The molecule has 0 aliphatic heterocycles. The fourth-order valence-corrected chi connectivity index (χ4v) is 1.86. The SMILES string of the molecule is CCCC(N)C(CC)Oc1ccc(F)c(C)c1. The zero-order valence-electron chi connectivity index (χ0n) is 10.9. The lowest BCUT2D eigenvalue weighted by atomic mass is 10.0. The lowest BCUT2D eigenvalue weighted by Crippen LogP contribution is -2.38. The molecule has 2 N–H and O–H groups in total. The molecule has 96 valence electrons. The highest BCUT2D eigenvalue weighted by Crippen LogP contribution is 2.19. The van der Waals surface area contributed by atoms with E-state index in [4.69, 9.17) is 10.5 Å². The van der Waals surface area contributed by atoms with E-state index < -0.39 is 0 Å². The molecule has 2 unspecified atom stereocenters. The van der Waals surface area contributed by atoms with E-state index in [-0.39, 0.29) is 18.0 Å². The summed E-state index contributed by atoms with van der Waals surface area (Å²) in [7, 11) is 0. The fourth-order valence-electron chi connectivity index (χ4n) is 1.86. The van der Waals surface area contributed by atoms with Crippen LogP contribution in [0.5, 0.6) is 5.75 Å². The van der Waals surface area contributed by atoms with Crippen molar-refractivity contribution in [1.82, 2.24) is 0 Å². The number of aryl methyl sites for hydroxylation is 1. The predicted molar refractivity (Wildman–Crippen MR) is 68.7 cm³/mol. The van der Waals surface area contributed by atoms with Gasteiger partial charge in [0.2, 0.25) is 0 Å². The Morgan fingerprint density at radius 3 is 2.59 bits per heavy atom. The Bertz CT molecular complexity index is 354. The van der Waals surface area contributed by atoms with Crippen LogP contribution in [0.1, 0.15) is 38.7 Å². The van der Waals surface area contributed by atoms with Gasteiger partial charge in [-0.25, -0.2) is 4.39 Å². The van der Waals surface area contributed by atoms with Crippen LogP contribution in [0.15, 0.2) is 18.2 Å². The molecule has 0 bridgehead atoms. The third-order valence-electron chi connectivity index (χ3n) is 2.92. The Balaban J connectivity index is 2.70. The van der Waals surface area contributed by atoms with Gasteiger partial charge in [0.15, 0.2) is 0 Å². The Labute approximate surface area is 103 Å². The smallest absolute Gasteiger partial charge is 0.126 e. The maximum Gasteiger partial charge on any atom is 0.126 e. The largest absolute Gasteiger partial charge is 0.489 e. The molecule has 17 heavy (non-hydrogen) atoms. The molecule has 3 heteroatoms. The standard InChI is InChI=1S/C14H22FNO/c1-4-6-13(16)14(5-2)17-11-7-8-12(15)10(3)9-11/h7-9,13-14H,4-6,16H2,1-3H3. The second kappa shape index (κ2) is 6.60. The Kier molecular flexibility index (Phi) is 5.42. The quantitative estimate of drug-likeness (QED) is 0.825. The molecule has 1 rings (SSSR count). The third kappa shape index (κ3) is 4.00. The molecular weight excluding hydrogens is 217 g/mol. The molecule has 1 aromatic rings. The van der Waals surface area contributed by atoms with Crippen molar-refractivity contribution in [1.29, 1.82) is 0 Å². The summed E-state index contributed by atoms with van der Waals surface area (Å²) in [5, 5.41) is 0. The first-order chi connectivity index (χ1) is 8.08. The van der Waals surface area contributed by atoms with Crippen molar-refractivity contribution in [2.45, 2.75) is 52.2 Å². The summed E-state index contributed by atoms with van der Waals surface area (Å²) in [4.78, 5) is 0. The van der Waals surface area contributed by atoms with Gasteiger partial charge in [0.1, 0.15) is 17.7 Å². The van der Waals surface area contributed by atoms with Gasteiger partial charge >= 0.3 is 0 Å². The first-order valence-corrected chi connectivity index (χ1v) is 6.26. The van der Waals surface area contributed by atoms with Crippen LogP contribution in [-0.4, -0.2) is 12.1 Å². The normalized spacial score (nSPS) is 14.4. The van der Waals surface area contributed by atoms with Crippen LogP contribution in [0.4, 0.5) is 4.39 Å². The second-order valence-electron chi connectivity index (χ2n) is 4.43. The van der Waals surface area contributed by atoms with Crippen LogP contribution in [0, 0.1) is 12.7 Å². The minimum Gasteiger partial charge on any atom is -0.489 e. The molecule has 0 fully saturated rings. The van der Waals surface area contributed by atoms with Gasteiger partial charge in [0, 0.05) is 6.04 Å². The van der Waals surface area contributed by atoms with Gasteiger partial charge in [-0.05, 0) is 43.5 Å². The molecule has 0 radical (unpaired) electrons. The minimum absolute atomic E-state index is 0.000175. The summed E-state index contributed by atoms with van der Waals surface area (Å²) in [6, 6.07) is 4.85. The van der Waals surface area contributed by atoms with Gasteiger partial charge in [-0.15, -0.1) is 0 Å². The number of nitrogens with two attached hydrogens (primary N) is 1. The molecule has 0 saturated heterocycles. The number of hydrogen-bond acceptors (Lipinski definition) is 2. The molecule has 1 aromatic carbocycles. The van der Waals surface area contributed by atoms with Crippen molar-refractivity contribution in [3.8, 4) is 5.75 Å². The zero-order valence-corrected chi connectivity index (χ0v) is 10.9. The van der Waals surface area contributed by atoms with Crippen LogP contribution in [-0.2, 0) is 0 Å². The number of benzene rings is 1. The maximum atomic E-state index is 13.1. The Morgan fingerprint density at radius 2 is 2.06 bits per heavy atom. The van der Waals surface area contributed by atoms with E-state index >= 15 is 0 Å². The summed E-state index contributed by atoms with van der Waals surface area (Å²) in [5.41, 5.74) is 6.65. The van der Waals surface area contributed by atoms with Crippen molar-refractivity contribution in [3.63, 3.8) is 0 Å². The lowest BCUT2D eigenvalue weighted by molar-refractivity contribution is 0.161. The Morgan fingerprint density at radius 1 is 1.35 bits per heavy atom. The number of hydrogen-bond donors (Lipinski definition) is 1. The Hall–Kier alpha value is -1.09. The zero-order chi connectivity index (χ0) is 12.8. The molecule has 0 aliphatic rings. The van der Waals surface area contributed by atoms with E-state index in [0.717, 1.165) is 19.3 Å². The fraction of sp³-hybridized carbons (Fsp3) is 0.571. The van der Waals surface area contributed by atoms with E-state index in [9.17, 15) is 4.39 Å². The number of ether oxygens (including phenoxy) is 1. The van der Waals surface area contributed by atoms with Crippen LogP contribution in [0.25, 0.3) is 0 Å². The highest BCUT2D eigenvalue weighted by Gasteiger charge is 2.17. The summed E-state index contributed by atoms with van der Waals surface area (Å²) in [6.45, 7) is 5.89. The highest BCUT2D eigenvalue weighted by atomic mass is 19.1. The number of halogens is 1. The average Bonchev–Trinajstić information content (AvgIpc) is 2.30. The first kappa shape index (κ1) is 14.0.